The van der Waals surface area contributed by atoms with Crippen molar-refractivity contribution in [1.82, 2.24) is 5.43 Å². The molecule has 1 aliphatic heterocycles. The van der Waals surface area contributed by atoms with Crippen LogP contribution in [0.5, 0.6) is 11.5 Å². The summed E-state index contributed by atoms with van der Waals surface area (Å²) in [7, 11) is 0. The Morgan fingerprint density at radius 1 is 1.08 bits per heavy atom. The van der Waals surface area contributed by atoms with Gasteiger partial charge in [0.05, 0.1) is 5.71 Å². The molecule has 1 atom stereocenters. The Balaban J connectivity index is 1.42. The minimum absolute atomic E-state index is 0.177. The van der Waals surface area contributed by atoms with E-state index in [1.54, 1.807) is 6.07 Å². The van der Waals surface area contributed by atoms with Gasteiger partial charge in [-0.2, -0.15) is 5.10 Å². The van der Waals surface area contributed by atoms with E-state index in [0.29, 0.717) is 11.5 Å². The van der Waals surface area contributed by atoms with Gasteiger partial charge in [-0.3, -0.25) is 4.79 Å². The molecule has 0 bridgehead atoms. The van der Waals surface area contributed by atoms with Gasteiger partial charge in [-0.25, -0.2) is 5.43 Å². The molecular formula is C21H22N2O3. The number of para-hydroxylation sites is 2. The number of rotatable bonds is 3. The van der Waals surface area contributed by atoms with Crippen molar-refractivity contribution in [2.24, 2.45) is 5.10 Å². The first-order chi connectivity index (χ1) is 12.7. The van der Waals surface area contributed by atoms with Gasteiger partial charge in [0.15, 0.2) is 11.5 Å². The summed E-state index contributed by atoms with van der Waals surface area (Å²) in [4.78, 5) is 12.4. The molecule has 2 aromatic carbocycles. The first-order valence-corrected chi connectivity index (χ1v) is 9.05. The third-order valence-electron chi connectivity index (χ3n) is 4.90. The minimum Gasteiger partial charge on any atom is -0.485 e. The standard InChI is InChI=1S/C21H22N2O3/c1-14(16-11-10-15-6-2-3-7-17(15)12-16)22-23-21(24)20-13-25-18-8-4-5-9-19(18)26-20/h4-5,8-12,20H,2-3,6-7,13H2,1H3,(H,23,24)/b22-14-/t20-/m0/s1. The lowest BCUT2D eigenvalue weighted by molar-refractivity contribution is -0.130. The second kappa shape index (κ2) is 7.20. The second-order valence-corrected chi connectivity index (χ2v) is 6.73. The van der Waals surface area contributed by atoms with Crippen LogP contribution in [0.1, 0.15) is 36.5 Å². The highest BCUT2D eigenvalue weighted by atomic mass is 16.6. The molecule has 0 spiro atoms. The number of nitrogens with zero attached hydrogens (tertiary/aromatic N) is 1. The lowest BCUT2D eigenvalue weighted by atomic mass is 9.90. The molecule has 134 valence electrons. The van der Waals surface area contributed by atoms with Gasteiger partial charge >= 0.3 is 0 Å². The van der Waals surface area contributed by atoms with Crippen LogP contribution >= 0.6 is 0 Å². The van der Waals surface area contributed by atoms with Gasteiger partial charge in [-0.15, -0.1) is 0 Å². The van der Waals surface area contributed by atoms with E-state index in [0.717, 1.165) is 24.1 Å². The van der Waals surface area contributed by atoms with Crippen molar-refractivity contribution < 1.29 is 14.3 Å². The highest BCUT2D eigenvalue weighted by molar-refractivity contribution is 5.99. The summed E-state index contributed by atoms with van der Waals surface area (Å²) in [6.07, 6.45) is 4.08. The first kappa shape index (κ1) is 16.6. The number of amides is 1. The number of hydrogen-bond donors (Lipinski definition) is 1. The van der Waals surface area contributed by atoms with E-state index < -0.39 is 6.10 Å². The third-order valence-corrected chi connectivity index (χ3v) is 4.90. The van der Waals surface area contributed by atoms with Crippen LogP contribution in [0.4, 0.5) is 0 Å². The average Bonchev–Trinajstić information content (AvgIpc) is 2.71. The van der Waals surface area contributed by atoms with Crippen molar-refractivity contribution >= 4 is 11.6 Å². The number of carbonyl (C=O) groups excluding carboxylic acids is 1. The van der Waals surface area contributed by atoms with E-state index in [2.05, 4.69) is 28.7 Å². The van der Waals surface area contributed by atoms with Gasteiger partial charge in [0, 0.05) is 0 Å². The molecule has 1 aliphatic carbocycles. The number of nitrogens with one attached hydrogen (secondary N) is 1. The summed E-state index contributed by atoms with van der Waals surface area (Å²) in [5, 5.41) is 4.26. The molecule has 0 saturated heterocycles. The zero-order valence-electron chi connectivity index (χ0n) is 14.8. The average molecular weight is 350 g/mol. The Morgan fingerprint density at radius 3 is 2.69 bits per heavy atom. The fourth-order valence-corrected chi connectivity index (χ4v) is 3.38. The number of hydrogen-bond acceptors (Lipinski definition) is 4. The molecule has 5 heteroatoms. The number of fused-ring (bicyclic) bond motifs is 2. The topological polar surface area (TPSA) is 59.9 Å². The van der Waals surface area contributed by atoms with Gasteiger partial charge in [0.25, 0.3) is 5.91 Å². The highest BCUT2D eigenvalue weighted by Crippen LogP contribution is 2.30. The predicted molar refractivity (Wildman–Crippen MR) is 99.8 cm³/mol. The van der Waals surface area contributed by atoms with E-state index in [4.69, 9.17) is 9.47 Å². The van der Waals surface area contributed by atoms with Crippen molar-refractivity contribution in [3.8, 4) is 11.5 Å². The van der Waals surface area contributed by atoms with Crippen molar-refractivity contribution in [3.05, 3.63) is 59.2 Å². The Morgan fingerprint density at radius 2 is 1.85 bits per heavy atom. The maximum Gasteiger partial charge on any atom is 0.284 e. The summed E-state index contributed by atoms with van der Waals surface area (Å²) in [5.74, 6) is 0.927. The van der Waals surface area contributed by atoms with Crippen LogP contribution in [-0.4, -0.2) is 24.3 Å². The van der Waals surface area contributed by atoms with Gasteiger partial charge < -0.3 is 9.47 Å². The van der Waals surface area contributed by atoms with E-state index in [1.165, 1.54) is 24.0 Å². The van der Waals surface area contributed by atoms with Crippen molar-refractivity contribution in [2.45, 2.75) is 38.7 Å². The molecular weight excluding hydrogens is 328 g/mol. The van der Waals surface area contributed by atoms with Crippen molar-refractivity contribution in [3.63, 3.8) is 0 Å². The smallest absolute Gasteiger partial charge is 0.284 e. The van der Waals surface area contributed by atoms with Crippen LogP contribution < -0.4 is 14.9 Å². The molecule has 2 aliphatic rings. The molecule has 0 saturated carbocycles. The van der Waals surface area contributed by atoms with Gasteiger partial charge in [0.1, 0.15) is 6.61 Å². The first-order valence-electron chi connectivity index (χ1n) is 9.05. The van der Waals surface area contributed by atoms with Crippen LogP contribution in [0.25, 0.3) is 0 Å². The van der Waals surface area contributed by atoms with Crippen molar-refractivity contribution in [1.29, 1.82) is 0 Å². The normalized spacial score (nSPS) is 18.8. The van der Waals surface area contributed by atoms with Crippen LogP contribution in [0, 0.1) is 0 Å². The highest BCUT2D eigenvalue weighted by Gasteiger charge is 2.27. The molecule has 4 rings (SSSR count). The molecule has 0 fully saturated rings. The molecule has 0 unspecified atom stereocenters. The summed E-state index contributed by atoms with van der Waals surface area (Å²) in [6.45, 7) is 2.08. The Kier molecular flexibility index (Phi) is 4.61. The number of hydrazone groups is 1. The summed E-state index contributed by atoms with van der Waals surface area (Å²) in [6, 6.07) is 13.8. The molecule has 0 aromatic heterocycles. The second-order valence-electron chi connectivity index (χ2n) is 6.73. The Labute approximate surface area is 153 Å². The SMILES string of the molecule is C/C(=N/NC(=O)[C@@H]1COc2ccccc2O1)c1ccc2c(c1)CCCC2. The lowest BCUT2D eigenvalue weighted by Gasteiger charge is -2.24. The number of carbonyl (C=O) groups is 1. The summed E-state index contributed by atoms with van der Waals surface area (Å²) >= 11 is 0. The zero-order chi connectivity index (χ0) is 17.9. The molecule has 5 nitrogen and oxygen atoms in total. The van der Waals surface area contributed by atoms with Crippen LogP contribution in [0.15, 0.2) is 47.6 Å². The fraction of sp³-hybridized carbons (Fsp3) is 0.333. The van der Waals surface area contributed by atoms with Crippen molar-refractivity contribution in [2.75, 3.05) is 6.61 Å². The largest absolute Gasteiger partial charge is 0.485 e. The van der Waals surface area contributed by atoms with E-state index in [9.17, 15) is 4.79 Å². The monoisotopic (exact) mass is 350 g/mol. The molecule has 0 radical (unpaired) electrons. The predicted octanol–water partition coefficient (Wildman–Crippen LogP) is 3.25. The van der Waals surface area contributed by atoms with Gasteiger partial charge in [-0.1, -0.05) is 24.3 Å². The van der Waals surface area contributed by atoms with E-state index >= 15 is 0 Å². The minimum atomic E-state index is -0.704. The van der Waals surface area contributed by atoms with Crippen LogP contribution in [0.2, 0.25) is 0 Å². The molecule has 1 heterocycles. The third kappa shape index (κ3) is 3.43. The number of aryl methyl sites for hydroxylation is 2. The Bertz CT molecular complexity index is 860. The quantitative estimate of drug-likeness (QED) is 0.683. The van der Waals surface area contributed by atoms with Gasteiger partial charge in [0.2, 0.25) is 6.10 Å². The molecule has 1 N–H and O–H groups in total. The summed E-state index contributed by atoms with van der Waals surface area (Å²) in [5.41, 5.74) is 7.26. The molecule has 26 heavy (non-hydrogen) atoms. The Hall–Kier alpha value is -2.82. The molecule has 2 aromatic rings. The lowest BCUT2D eigenvalue weighted by Crippen LogP contribution is -2.42. The van der Waals surface area contributed by atoms with Crippen LogP contribution in [-0.2, 0) is 17.6 Å². The summed E-state index contributed by atoms with van der Waals surface area (Å²) < 4.78 is 11.3. The maximum absolute atomic E-state index is 12.4. The fourth-order valence-electron chi connectivity index (χ4n) is 3.38. The zero-order valence-corrected chi connectivity index (χ0v) is 14.8. The van der Waals surface area contributed by atoms with Crippen LogP contribution in [0.3, 0.4) is 0 Å². The van der Waals surface area contributed by atoms with Gasteiger partial charge in [-0.05, 0) is 67.5 Å². The van der Waals surface area contributed by atoms with E-state index in [-0.39, 0.29) is 12.5 Å². The molecule has 1 amide bonds. The number of ether oxygens (including phenoxy) is 2. The van der Waals surface area contributed by atoms with E-state index in [1.807, 2.05) is 25.1 Å². The number of benzene rings is 2. The maximum atomic E-state index is 12.4.